The highest BCUT2D eigenvalue weighted by molar-refractivity contribution is 5.92. The summed E-state index contributed by atoms with van der Waals surface area (Å²) in [6, 6.07) is 7.11. The zero-order chi connectivity index (χ0) is 22.0. The van der Waals surface area contributed by atoms with Gasteiger partial charge in [0.2, 0.25) is 11.7 Å². The first-order valence-electron chi connectivity index (χ1n) is 9.92. The van der Waals surface area contributed by atoms with E-state index < -0.39 is 6.10 Å². The largest absolute Gasteiger partial charge is 0.496 e. The molecule has 1 N–H and O–H groups in total. The fourth-order valence-electron chi connectivity index (χ4n) is 3.91. The lowest BCUT2D eigenvalue weighted by atomic mass is 9.95. The predicted octanol–water partition coefficient (Wildman–Crippen LogP) is 2.57. The summed E-state index contributed by atoms with van der Waals surface area (Å²) in [6.45, 7) is 1.38. The molecule has 0 saturated heterocycles. The first-order chi connectivity index (χ1) is 15.0. The van der Waals surface area contributed by atoms with Crippen molar-refractivity contribution in [3.63, 3.8) is 0 Å². The van der Waals surface area contributed by atoms with Crippen molar-refractivity contribution in [2.75, 3.05) is 41.1 Å². The van der Waals surface area contributed by atoms with Crippen molar-refractivity contribution in [1.29, 1.82) is 0 Å². The van der Waals surface area contributed by atoms with Crippen LogP contribution in [0.15, 0.2) is 30.3 Å². The molecule has 0 radical (unpaired) electrons. The number of carbonyl (C=O) groups excluding carboxylic acids is 1. The standard InChI is InChI=1S/C23H25NO7/c1-27-17-5-6-18(28-2)22-15(17)12-24(13-16(22)25)21(26)7-4-14-10-19(29-3)23-20(11-14)30-8-9-31-23/h4-7,10-11,16,25H,8-9,12-13H2,1-3H3. The van der Waals surface area contributed by atoms with Crippen molar-refractivity contribution in [1.82, 2.24) is 4.90 Å². The molecule has 1 atom stereocenters. The highest BCUT2D eigenvalue weighted by Gasteiger charge is 2.31. The van der Waals surface area contributed by atoms with E-state index in [0.717, 1.165) is 11.1 Å². The molecule has 0 saturated carbocycles. The summed E-state index contributed by atoms with van der Waals surface area (Å²) < 4.78 is 27.4. The molecule has 0 aromatic heterocycles. The molecule has 0 aliphatic carbocycles. The topological polar surface area (TPSA) is 86.7 Å². The van der Waals surface area contributed by atoms with E-state index in [4.69, 9.17) is 23.7 Å². The van der Waals surface area contributed by atoms with Crippen LogP contribution in [0.4, 0.5) is 0 Å². The molecule has 2 aromatic rings. The average Bonchev–Trinajstić information content (AvgIpc) is 2.80. The van der Waals surface area contributed by atoms with Crippen LogP contribution >= 0.6 is 0 Å². The molecule has 0 spiro atoms. The van der Waals surface area contributed by atoms with Crippen molar-refractivity contribution in [3.8, 4) is 28.7 Å². The minimum atomic E-state index is -0.875. The molecule has 2 aliphatic rings. The Balaban J connectivity index is 1.57. The normalized spacial score (nSPS) is 17.3. The van der Waals surface area contributed by atoms with Crippen molar-refractivity contribution in [3.05, 3.63) is 47.0 Å². The smallest absolute Gasteiger partial charge is 0.246 e. The van der Waals surface area contributed by atoms with Gasteiger partial charge in [-0.3, -0.25) is 4.79 Å². The number of rotatable bonds is 5. The van der Waals surface area contributed by atoms with Crippen LogP contribution < -0.4 is 23.7 Å². The van der Waals surface area contributed by atoms with Crippen LogP contribution in [0.5, 0.6) is 28.7 Å². The fraction of sp³-hybridized carbons (Fsp3) is 0.348. The highest BCUT2D eigenvalue weighted by atomic mass is 16.6. The Hall–Kier alpha value is -3.39. The summed E-state index contributed by atoms with van der Waals surface area (Å²) in [5, 5.41) is 10.7. The lowest BCUT2D eigenvalue weighted by Crippen LogP contribution is -2.37. The van der Waals surface area contributed by atoms with E-state index in [1.54, 1.807) is 56.6 Å². The molecule has 8 nitrogen and oxygen atoms in total. The molecule has 2 heterocycles. The zero-order valence-corrected chi connectivity index (χ0v) is 17.7. The molecule has 31 heavy (non-hydrogen) atoms. The summed E-state index contributed by atoms with van der Waals surface area (Å²) in [5.41, 5.74) is 2.14. The Morgan fingerprint density at radius 3 is 2.52 bits per heavy atom. The monoisotopic (exact) mass is 427 g/mol. The summed E-state index contributed by atoms with van der Waals surface area (Å²) >= 11 is 0. The third-order valence-electron chi connectivity index (χ3n) is 5.37. The van der Waals surface area contributed by atoms with Crippen molar-refractivity contribution >= 4 is 12.0 Å². The van der Waals surface area contributed by atoms with Crippen LogP contribution in [-0.4, -0.2) is 57.0 Å². The molecule has 0 bridgehead atoms. The van der Waals surface area contributed by atoms with Crippen LogP contribution in [0.1, 0.15) is 22.8 Å². The first-order valence-corrected chi connectivity index (χ1v) is 9.92. The van der Waals surface area contributed by atoms with E-state index in [9.17, 15) is 9.90 Å². The number of benzene rings is 2. The van der Waals surface area contributed by atoms with Gasteiger partial charge in [0, 0.05) is 17.2 Å². The Morgan fingerprint density at radius 1 is 1.06 bits per heavy atom. The van der Waals surface area contributed by atoms with Gasteiger partial charge in [-0.05, 0) is 35.9 Å². The van der Waals surface area contributed by atoms with E-state index in [-0.39, 0.29) is 12.5 Å². The van der Waals surface area contributed by atoms with Gasteiger partial charge in [0.1, 0.15) is 30.8 Å². The van der Waals surface area contributed by atoms with Gasteiger partial charge < -0.3 is 33.7 Å². The number of ether oxygens (including phenoxy) is 5. The van der Waals surface area contributed by atoms with Crippen LogP contribution in [0, 0.1) is 0 Å². The summed E-state index contributed by atoms with van der Waals surface area (Å²) in [6.07, 6.45) is 2.28. The number of aliphatic hydroxyl groups excluding tert-OH is 1. The van der Waals surface area contributed by atoms with Gasteiger partial charge in [-0.1, -0.05) is 0 Å². The second-order valence-corrected chi connectivity index (χ2v) is 7.18. The molecule has 2 aromatic carbocycles. The predicted molar refractivity (Wildman–Crippen MR) is 113 cm³/mol. The number of fused-ring (bicyclic) bond motifs is 2. The van der Waals surface area contributed by atoms with Crippen LogP contribution in [-0.2, 0) is 11.3 Å². The zero-order valence-electron chi connectivity index (χ0n) is 17.7. The quantitative estimate of drug-likeness (QED) is 0.734. The Labute approximate surface area is 180 Å². The number of methoxy groups -OCH3 is 3. The molecule has 8 heteroatoms. The lowest BCUT2D eigenvalue weighted by molar-refractivity contribution is -0.128. The Bertz CT molecular complexity index is 1000. The molecular formula is C23H25NO7. The number of carbonyl (C=O) groups is 1. The number of hydrogen-bond donors (Lipinski definition) is 1. The van der Waals surface area contributed by atoms with E-state index >= 15 is 0 Å². The van der Waals surface area contributed by atoms with Gasteiger partial charge in [-0.2, -0.15) is 0 Å². The fourth-order valence-corrected chi connectivity index (χ4v) is 3.91. The summed E-state index contributed by atoms with van der Waals surface area (Å²) in [4.78, 5) is 14.5. The second kappa shape index (κ2) is 8.77. The van der Waals surface area contributed by atoms with E-state index in [1.165, 1.54) is 6.08 Å². The van der Waals surface area contributed by atoms with Crippen LogP contribution in [0.3, 0.4) is 0 Å². The molecule has 164 valence electrons. The van der Waals surface area contributed by atoms with Gasteiger partial charge in [-0.25, -0.2) is 0 Å². The van der Waals surface area contributed by atoms with Gasteiger partial charge in [-0.15, -0.1) is 0 Å². The molecule has 0 fully saturated rings. The van der Waals surface area contributed by atoms with Gasteiger partial charge in [0.05, 0.1) is 34.4 Å². The summed E-state index contributed by atoms with van der Waals surface area (Å²) in [5.74, 6) is 2.64. The molecule has 4 rings (SSSR count). The minimum absolute atomic E-state index is 0.157. The maximum absolute atomic E-state index is 12.9. The molecule has 2 aliphatic heterocycles. The number of amides is 1. The minimum Gasteiger partial charge on any atom is -0.496 e. The van der Waals surface area contributed by atoms with E-state index in [0.29, 0.717) is 54.1 Å². The summed E-state index contributed by atoms with van der Waals surface area (Å²) in [7, 11) is 4.67. The highest BCUT2D eigenvalue weighted by Crippen LogP contribution is 2.41. The second-order valence-electron chi connectivity index (χ2n) is 7.18. The maximum Gasteiger partial charge on any atom is 0.246 e. The van der Waals surface area contributed by atoms with Crippen LogP contribution in [0.25, 0.3) is 6.08 Å². The number of aliphatic hydroxyl groups is 1. The van der Waals surface area contributed by atoms with Crippen molar-refractivity contribution in [2.24, 2.45) is 0 Å². The number of hydrogen-bond acceptors (Lipinski definition) is 7. The van der Waals surface area contributed by atoms with Gasteiger partial charge in [0.25, 0.3) is 0 Å². The third kappa shape index (κ3) is 3.98. The third-order valence-corrected chi connectivity index (χ3v) is 5.37. The number of nitrogens with zero attached hydrogens (tertiary/aromatic N) is 1. The molecule has 1 amide bonds. The van der Waals surface area contributed by atoms with Crippen molar-refractivity contribution in [2.45, 2.75) is 12.6 Å². The van der Waals surface area contributed by atoms with Gasteiger partial charge in [0.15, 0.2) is 11.5 Å². The molecule has 1 unspecified atom stereocenters. The number of β-amino-alcohol motifs (C(OH)–C–C–N with tert-alkyl or cyclic N) is 1. The maximum atomic E-state index is 12.9. The van der Waals surface area contributed by atoms with Crippen LogP contribution in [0.2, 0.25) is 0 Å². The SMILES string of the molecule is COc1ccc(OC)c2c1CN(C(=O)C=Cc1cc(OC)c3c(c1)OCCO3)CC2O. The first kappa shape index (κ1) is 20.9. The van der Waals surface area contributed by atoms with Crippen molar-refractivity contribution < 1.29 is 33.6 Å². The van der Waals surface area contributed by atoms with Gasteiger partial charge >= 0.3 is 0 Å². The van der Waals surface area contributed by atoms with E-state index in [1.807, 2.05) is 0 Å². The Morgan fingerprint density at radius 2 is 1.77 bits per heavy atom. The van der Waals surface area contributed by atoms with E-state index in [2.05, 4.69) is 0 Å². The lowest BCUT2D eigenvalue weighted by Gasteiger charge is -2.33. The Kier molecular flexibility index (Phi) is 5.90. The average molecular weight is 427 g/mol. The molecular weight excluding hydrogens is 402 g/mol.